The maximum atomic E-state index is 12.7. The Morgan fingerprint density at radius 2 is 1.93 bits per heavy atom. The Morgan fingerprint density at radius 1 is 1.22 bits per heavy atom. The van der Waals surface area contributed by atoms with Gasteiger partial charge in [-0.25, -0.2) is 9.78 Å². The molecule has 9 heteroatoms. The number of rotatable bonds is 4. The van der Waals surface area contributed by atoms with Crippen LogP contribution in [-0.2, 0) is 6.54 Å². The SMILES string of the molecule is CN(C(=O)c1cccnc1Cl)c1c(N)n(Cc2ccccc2)c(=O)[nH]c1=O. The fraction of sp³-hybridized carbons (Fsp3) is 0.111. The Morgan fingerprint density at radius 3 is 2.59 bits per heavy atom. The molecule has 2 heterocycles. The molecule has 27 heavy (non-hydrogen) atoms. The van der Waals surface area contributed by atoms with Crippen molar-refractivity contribution < 1.29 is 4.79 Å². The Kier molecular flexibility index (Phi) is 5.09. The van der Waals surface area contributed by atoms with E-state index in [4.69, 9.17) is 17.3 Å². The lowest BCUT2D eigenvalue weighted by Gasteiger charge is -2.20. The maximum Gasteiger partial charge on any atom is 0.330 e. The number of anilines is 2. The van der Waals surface area contributed by atoms with E-state index in [0.29, 0.717) is 0 Å². The Bertz CT molecular complexity index is 1110. The highest BCUT2D eigenvalue weighted by molar-refractivity contribution is 6.33. The standard InChI is InChI=1S/C18H16ClN5O3/c1-23(17(26)12-8-5-9-21-14(12)19)13-15(20)24(18(27)22-16(13)25)10-11-6-3-2-4-7-11/h2-9H,10,20H2,1H3,(H,22,25,27). The Hall–Kier alpha value is -3.39. The van der Waals surface area contributed by atoms with E-state index in [9.17, 15) is 14.4 Å². The van der Waals surface area contributed by atoms with Crippen LogP contribution in [-0.4, -0.2) is 27.5 Å². The van der Waals surface area contributed by atoms with E-state index in [1.807, 2.05) is 30.3 Å². The predicted molar refractivity (Wildman–Crippen MR) is 103 cm³/mol. The number of aromatic amines is 1. The third-order valence-electron chi connectivity index (χ3n) is 4.03. The number of nitrogens with one attached hydrogen (secondary N) is 1. The van der Waals surface area contributed by atoms with Crippen LogP contribution in [0.2, 0.25) is 5.15 Å². The fourth-order valence-corrected chi connectivity index (χ4v) is 2.85. The number of H-pyrrole nitrogens is 1. The van der Waals surface area contributed by atoms with Gasteiger partial charge in [0.05, 0.1) is 12.1 Å². The Labute approximate surface area is 158 Å². The van der Waals surface area contributed by atoms with Gasteiger partial charge in [0.1, 0.15) is 11.0 Å². The van der Waals surface area contributed by atoms with E-state index in [1.165, 1.54) is 23.9 Å². The van der Waals surface area contributed by atoms with Gasteiger partial charge in [0, 0.05) is 13.2 Å². The van der Waals surface area contributed by atoms with Crippen molar-refractivity contribution >= 4 is 29.0 Å². The van der Waals surface area contributed by atoms with Crippen LogP contribution in [0, 0.1) is 0 Å². The van der Waals surface area contributed by atoms with Gasteiger partial charge in [0.15, 0.2) is 5.69 Å². The molecule has 8 nitrogen and oxygen atoms in total. The summed E-state index contributed by atoms with van der Waals surface area (Å²) in [6, 6.07) is 12.2. The molecule has 0 fully saturated rings. The zero-order valence-corrected chi connectivity index (χ0v) is 15.1. The molecule has 3 N–H and O–H groups in total. The van der Waals surface area contributed by atoms with Crippen LogP contribution < -0.4 is 21.9 Å². The molecule has 138 valence electrons. The number of nitrogen functional groups attached to an aromatic ring is 1. The molecule has 0 spiro atoms. The summed E-state index contributed by atoms with van der Waals surface area (Å²) >= 11 is 5.96. The second kappa shape index (κ2) is 7.46. The fourth-order valence-electron chi connectivity index (χ4n) is 2.65. The number of hydrogen-bond donors (Lipinski definition) is 2. The molecule has 0 bridgehead atoms. The molecule has 0 aliphatic heterocycles. The van der Waals surface area contributed by atoms with E-state index in [1.54, 1.807) is 6.07 Å². The summed E-state index contributed by atoms with van der Waals surface area (Å²) in [5.41, 5.74) is 5.44. The molecule has 1 aromatic carbocycles. The van der Waals surface area contributed by atoms with Crippen molar-refractivity contribution in [2.75, 3.05) is 17.7 Å². The molecule has 1 amide bonds. The van der Waals surface area contributed by atoms with Gasteiger partial charge in [-0.1, -0.05) is 41.9 Å². The van der Waals surface area contributed by atoms with Gasteiger partial charge in [-0.2, -0.15) is 0 Å². The number of aromatic nitrogens is 3. The largest absolute Gasteiger partial charge is 0.383 e. The van der Waals surface area contributed by atoms with Gasteiger partial charge in [-0.15, -0.1) is 0 Å². The first-order valence-electron chi connectivity index (χ1n) is 7.95. The lowest BCUT2D eigenvalue weighted by Crippen LogP contribution is -2.39. The number of benzene rings is 1. The third-order valence-corrected chi connectivity index (χ3v) is 4.33. The van der Waals surface area contributed by atoms with Gasteiger partial charge < -0.3 is 10.6 Å². The Balaban J connectivity index is 2.06. The van der Waals surface area contributed by atoms with E-state index < -0.39 is 17.2 Å². The molecule has 0 radical (unpaired) electrons. The van der Waals surface area contributed by atoms with Crippen LogP contribution in [0.3, 0.4) is 0 Å². The minimum atomic E-state index is -0.766. The van der Waals surface area contributed by atoms with Crippen LogP contribution in [0.4, 0.5) is 11.5 Å². The molecule has 0 aliphatic rings. The van der Waals surface area contributed by atoms with Crippen molar-refractivity contribution in [3.05, 3.63) is 85.8 Å². The van der Waals surface area contributed by atoms with Crippen LogP contribution in [0.5, 0.6) is 0 Å². The summed E-state index contributed by atoms with van der Waals surface area (Å²) < 4.78 is 1.20. The summed E-state index contributed by atoms with van der Waals surface area (Å²) in [5.74, 6) is -0.696. The maximum absolute atomic E-state index is 12.7. The number of nitrogens with zero attached hydrogens (tertiary/aromatic N) is 3. The third kappa shape index (κ3) is 3.61. The topological polar surface area (TPSA) is 114 Å². The highest BCUT2D eigenvalue weighted by Crippen LogP contribution is 2.21. The van der Waals surface area contributed by atoms with Crippen molar-refractivity contribution in [3.8, 4) is 0 Å². The predicted octanol–water partition coefficient (Wildman–Crippen LogP) is 1.49. The molecule has 0 atom stereocenters. The average Bonchev–Trinajstić information content (AvgIpc) is 2.65. The van der Waals surface area contributed by atoms with Gasteiger partial charge in [-0.3, -0.25) is 19.1 Å². The zero-order chi connectivity index (χ0) is 19.6. The van der Waals surface area contributed by atoms with E-state index >= 15 is 0 Å². The first-order valence-corrected chi connectivity index (χ1v) is 8.33. The number of nitrogens with two attached hydrogens (primary N) is 1. The smallest absolute Gasteiger partial charge is 0.330 e. The molecular formula is C18H16ClN5O3. The minimum absolute atomic E-state index is 0.00181. The van der Waals surface area contributed by atoms with Gasteiger partial charge in [-0.05, 0) is 17.7 Å². The molecule has 3 rings (SSSR count). The lowest BCUT2D eigenvalue weighted by molar-refractivity contribution is 0.0992. The molecule has 3 aromatic rings. The number of carbonyl (C=O) groups excluding carboxylic acids is 1. The molecule has 2 aromatic heterocycles. The zero-order valence-electron chi connectivity index (χ0n) is 14.3. The van der Waals surface area contributed by atoms with Gasteiger partial charge >= 0.3 is 5.69 Å². The molecule has 0 unspecified atom stereocenters. The molecule has 0 saturated heterocycles. The van der Waals surface area contributed by atoms with Gasteiger partial charge in [0.2, 0.25) is 0 Å². The van der Waals surface area contributed by atoms with Crippen LogP contribution in [0.1, 0.15) is 15.9 Å². The average molecular weight is 386 g/mol. The van der Waals surface area contributed by atoms with Crippen LogP contribution >= 0.6 is 11.6 Å². The summed E-state index contributed by atoms with van der Waals surface area (Å²) in [5, 5.41) is 0.00181. The highest BCUT2D eigenvalue weighted by Gasteiger charge is 2.23. The second-order valence-corrected chi connectivity index (χ2v) is 6.13. The van der Waals surface area contributed by atoms with E-state index in [2.05, 4.69) is 9.97 Å². The summed E-state index contributed by atoms with van der Waals surface area (Å²) in [4.78, 5) is 44.4. The van der Waals surface area contributed by atoms with Crippen molar-refractivity contribution in [1.29, 1.82) is 0 Å². The van der Waals surface area contributed by atoms with Crippen molar-refractivity contribution in [3.63, 3.8) is 0 Å². The quantitative estimate of drug-likeness (QED) is 0.660. The normalized spacial score (nSPS) is 10.6. The van der Waals surface area contributed by atoms with Crippen molar-refractivity contribution in [2.45, 2.75) is 6.54 Å². The molecule has 0 aliphatic carbocycles. The summed E-state index contributed by atoms with van der Waals surface area (Å²) in [7, 11) is 1.38. The number of pyridine rings is 1. The van der Waals surface area contributed by atoms with E-state index in [-0.39, 0.29) is 28.8 Å². The number of halogens is 1. The summed E-state index contributed by atoms with van der Waals surface area (Å²) in [6.07, 6.45) is 1.44. The highest BCUT2D eigenvalue weighted by atomic mass is 35.5. The number of carbonyl (C=O) groups is 1. The molecular weight excluding hydrogens is 370 g/mol. The first kappa shape index (κ1) is 18.4. The number of amides is 1. The number of hydrogen-bond acceptors (Lipinski definition) is 5. The van der Waals surface area contributed by atoms with Crippen molar-refractivity contribution in [2.24, 2.45) is 0 Å². The van der Waals surface area contributed by atoms with Crippen molar-refractivity contribution in [1.82, 2.24) is 14.5 Å². The van der Waals surface area contributed by atoms with Crippen LogP contribution in [0.15, 0.2) is 58.3 Å². The second-order valence-electron chi connectivity index (χ2n) is 5.77. The lowest BCUT2D eigenvalue weighted by atomic mass is 10.2. The van der Waals surface area contributed by atoms with Gasteiger partial charge in [0.25, 0.3) is 11.5 Å². The first-order chi connectivity index (χ1) is 12.9. The van der Waals surface area contributed by atoms with E-state index in [0.717, 1.165) is 10.5 Å². The summed E-state index contributed by atoms with van der Waals surface area (Å²) in [6.45, 7) is 0.144. The monoisotopic (exact) mass is 385 g/mol. The molecule has 0 saturated carbocycles. The van der Waals surface area contributed by atoms with Crippen LogP contribution in [0.25, 0.3) is 0 Å². The minimum Gasteiger partial charge on any atom is -0.383 e.